The lowest BCUT2D eigenvalue weighted by Gasteiger charge is -2.10. The minimum atomic E-state index is -0.112. The molecular formula is C18H17N5O. The summed E-state index contributed by atoms with van der Waals surface area (Å²) in [5, 5.41) is 14.1. The van der Waals surface area contributed by atoms with E-state index in [1.807, 2.05) is 25.1 Å². The molecule has 0 saturated heterocycles. The number of hydrogen-bond acceptors (Lipinski definition) is 4. The Hall–Kier alpha value is -3.02. The number of anilines is 1. The van der Waals surface area contributed by atoms with Gasteiger partial charge in [-0.2, -0.15) is 0 Å². The van der Waals surface area contributed by atoms with Gasteiger partial charge >= 0.3 is 0 Å². The van der Waals surface area contributed by atoms with Crippen LogP contribution in [-0.4, -0.2) is 26.1 Å². The van der Waals surface area contributed by atoms with Gasteiger partial charge < -0.3 is 5.32 Å². The second kappa shape index (κ2) is 5.88. The van der Waals surface area contributed by atoms with Crippen molar-refractivity contribution in [3.05, 3.63) is 65.0 Å². The standard InChI is InChI=1S/C18H17N5O/c1-12-9-15(6-8-17(12)23-11-19-21-22-23)18(24)20-16-7-5-13-3-2-4-14(13)10-16/h5-11H,2-4H2,1H3,(H,20,24). The number of carbonyl (C=O) groups excluding carboxylic acids is 1. The Bertz CT molecular complexity index is 902. The minimum Gasteiger partial charge on any atom is -0.322 e. The van der Waals surface area contributed by atoms with Gasteiger partial charge in [-0.1, -0.05) is 6.07 Å². The molecule has 0 atom stereocenters. The molecule has 0 radical (unpaired) electrons. The number of aromatic nitrogens is 4. The van der Waals surface area contributed by atoms with Crippen LogP contribution in [0, 0.1) is 6.92 Å². The van der Waals surface area contributed by atoms with Crippen molar-refractivity contribution >= 4 is 11.6 Å². The lowest BCUT2D eigenvalue weighted by Crippen LogP contribution is -2.13. The lowest BCUT2D eigenvalue weighted by molar-refractivity contribution is 0.102. The topological polar surface area (TPSA) is 72.7 Å². The Morgan fingerprint density at radius 3 is 2.79 bits per heavy atom. The number of aryl methyl sites for hydroxylation is 3. The third-order valence-corrected chi connectivity index (χ3v) is 4.41. The minimum absolute atomic E-state index is 0.112. The van der Waals surface area contributed by atoms with Gasteiger partial charge in [0.05, 0.1) is 5.69 Å². The van der Waals surface area contributed by atoms with Crippen molar-refractivity contribution in [2.24, 2.45) is 0 Å². The molecule has 1 N–H and O–H groups in total. The molecule has 1 heterocycles. The van der Waals surface area contributed by atoms with Gasteiger partial charge in [0.2, 0.25) is 0 Å². The average molecular weight is 319 g/mol. The molecule has 4 rings (SSSR count). The fourth-order valence-corrected chi connectivity index (χ4v) is 3.18. The van der Waals surface area contributed by atoms with E-state index in [1.54, 1.807) is 10.7 Å². The highest BCUT2D eigenvalue weighted by molar-refractivity contribution is 6.04. The zero-order valence-corrected chi connectivity index (χ0v) is 13.4. The summed E-state index contributed by atoms with van der Waals surface area (Å²) in [7, 11) is 0. The van der Waals surface area contributed by atoms with Crippen molar-refractivity contribution in [3.63, 3.8) is 0 Å². The molecule has 1 aliphatic carbocycles. The molecule has 1 aromatic heterocycles. The van der Waals surface area contributed by atoms with Crippen molar-refractivity contribution in [1.82, 2.24) is 20.2 Å². The van der Waals surface area contributed by atoms with Gasteiger partial charge in [0.1, 0.15) is 6.33 Å². The average Bonchev–Trinajstić information content (AvgIpc) is 3.25. The van der Waals surface area contributed by atoms with Gasteiger partial charge in [0.15, 0.2) is 0 Å². The van der Waals surface area contributed by atoms with Crippen molar-refractivity contribution in [2.75, 3.05) is 5.32 Å². The Morgan fingerprint density at radius 1 is 1.12 bits per heavy atom. The smallest absolute Gasteiger partial charge is 0.255 e. The van der Waals surface area contributed by atoms with Crippen LogP contribution in [0.2, 0.25) is 0 Å². The SMILES string of the molecule is Cc1cc(C(=O)Nc2ccc3c(c2)CCC3)ccc1-n1cnnn1. The van der Waals surface area contributed by atoms with Gasteiger partial charge in [-0.3, -0.25) is 4.79 Å². The van der Waals surface area contributed by atoms with Crippen LogP contribution in [0.25, 0.3) is 5.69 Å². The van der Waals surface area contributed by atoms with E-state index >= 15 is 0 Å². The number of nitrogens with zero attached hydrogens (tertiary/aromatic N) is 4. The molecule has 6 heteroatoms. The van der Waals surface area contributed by atoms with Crippen molar-refractivity contribution in [3.8, 4) is 5.69 Å². The summed E-state index contributed by atoms with van der Waals surface area (Å²) in [4.78, 5) is 12.5. The van der Waals surface area contributed by atoms with Crippen LogP contribution in [-0.2, 0) is 12.8 Å². The van der Waals surface area contributed by atoms with Crippen LogP contribution in [0.1, 0.15) is 33.5 Å². The number of nitrogens with one attached hydrogen (secondary N) is 1. The molecule has 0 saturated carbocycles. The second-order valence-corrected chi connectivity index (χ2v) is 6.05. The molecule has 24 heavy (non-hydrogen) atoms. The van der Waals surface area contributed by atoms with E-state index in [9.17, 15) is 4.79 Å². The molecule has 1 aliphatic rings. The van der Waals surface area contributed by atoms with E-state index in [-0.39, 0.29) is 5.91 Å². The van der Waals surface area contributed by atoms with Crippen LogP contribution >= 0.6 is 0 Å². The molecule has 6 nitrogen and oxygen atoms in total. The highest BCUT2D eigenvalue weighted by atomic mass is 16.1. The number of fused-ring (bicyclic) bond motifs is 1. The fraction of sp³-hybridized carbons (Fsp3) is 0.222. The summed E-state index contributed by atoms with van der Waals surface area (Å²) in [6, 6.07) is 11.7. The Labute approximate surface area is 139 Å². The summed E-state index contributed by atoms with van der Waals surface area (Å²) < 4.78 is 1.58. The number of rotatable bonds is 3. The van der Waals surface area contributed by atoms with E-state index in [0.29, 0.717) is 5.56 Å². The number of hydrogen-bond donors (Lipinski definition) is 1. The highest BCUT2D eigenvalue weighted by Gasteiger charge is 2.13. The molecule has 120 valence electrons. The second-order valence-electron chi connectivity index (χ2n) is 6.05. The molecule has 0 fully saturated rings. The van der Waals surface area contributed by atoms with Gasteiger partial charge in [0.25, 0.3) is 5.91 Å². The molecule has 0 bridgehead atoms. The predicted molar refractivity (Wildman–Crippen MR) is 90.3 cm³/mol. The third kappa shape index (κ3) is 2.67. The van der Waals surface area contributed by atoms with E-state index in [1.165, 1.54) is 23.9 Å². The first kappa shape index (κ1) is 14.6. The molecular weight excluding hydrogens is 302 g/mol. The van der Waals surface area contributed by atoms with Crippen LogP contribution < -0.4 is 5.32 Å². The maximum Gasteiger partial charge on any atom is 0.255 e. The Kier molecular flexibility index (Phi) is 3.57. The first-order chi connectivity index (χ1) is 11.7. The summed E-state index contributed by atoms with van der Waals surface area (Å²) in [5.74, 6) is -0.112. The maximum atomic E-state index is 12.5. The summed E-state index contributed by atoms with van der Waals surface area (Å²) in [6.07, 6.45) is 4.97. The van der Waals surface area contributed by atoms with Crippen molar-refractivity contribution in [2.45, 2.75) is 26.2 Å². The normalized spacial score (nSPS) is 12.9. The van der Waals surface area contributed by atoms with Crippen LogP contribution in [0.5, 0.6) is 0 Å². The van der Waals surface area contributed by atoms with Gasteiger partial charge in [-0.25, -0.2) is 4.68 Å². The number of amides is 1. The van der Waals surface area contributed by atoms with Crippen LogP contribution in [0.4, 0.5) is 5.69 Å². The Morgan fingerprint density at radius 2 is 2.00 bits per heavy atom. The van der Waals surface area contributed by atoms with Crippen LogP contribution in [0.3, 0.4) is 0 Å². The molecule has 2 aromatic carbocycles. The zero-order chi connectivity index (χ0) is 16.5. The molecule has 0 spiro atoms. The van der Waals surface area contributed by atoms with E-state index in [2.05, 4.69) is 33.0 Å². The largest absolute Gasteiger partial charge is 0.322 e. The van der Waals surface area contributed by atoms with E-state index < -0.39 is 0 Å². The van der Waals surface area contributed by atoms with Crippen molar-refractivity contribution in [1.29, 1.82) is 0 Å². The van der Waals surface area contributed by atoms with Crippen molar-refractivity contribution < 1.29 is 4.79 Å². The summed E-state index contributed by atoms with van der Waals surface area (Å²) in [6.45, 7) is 1.93. The summed E-state index contributed by atoms with van der Waals surface area (Å²) in [5.41, 5.74) is 6.00. The maximum absolute atomic E-state index is 12.5. The highest BCUT2D eigenvalue weighted by Crippen LogP contribution is 2.25. The lowest BCUT2D eigenvalue weighted by atomic mass is 10.1. The van der Waals surface area contributed by atoms with Crippen LogP contribution in [0.15, 0.2) is 42.7 Å². The zero-order valence-electron chi connectivity index (χ0n) is 13.4. The molecule has 1 amide bonds. The van der Waals surface area contributed by atoms with Gasteiger partial charge in [0, 0.05) is 11.3 Å². The number of tetrazole rings is 1. The first-order valence-corrected chi connectivity index (χ1v) is 7.98. The Balaban J connectivity index is 1.55. The van der Waals surface area contributed by atoms with Gasteiger partial charge in [-0.05, 0) is 83.6 Å². The fourth-order valence-electron chi connectivity index (χ4n) is 3.18. The monoisotopic (exact) mass is 319 g/mol. The molecule has 0 aliphatic heterocycles. The number of carbonyl (C=O) groups is 1. The quantitative estimate of drug-likeness (QED) is 0.805. The van der Waals surface area contributed by atoms with E-state index in [4.69, 9.17) is 0 Å². The summed E-state index contributed by atoms with van der Waals surface area (Å²) >= 11 is 0. The molecule has 3 aromatic rings. The van der Waals surface area contributed by atoms with Gasteiger partial charge in [-0.15, -0.1) is 5.10 Å². The number of benzene rings is 2. The first-order valence-electron chi connectivity index (χ1n) is 7.98. The van der Waals surface area contributed by atoms with E-state index in [0.717, 1.165) is 29.8 Å². The predicted octanol–water partition coefficient (Wildman–Crippen LogP) is 2.71. The molecule has 0 unspecified atom stereocenters. The third-order valence-electron chi connectivity index (χ3n) is 4.41.